The molecule has 0 bridgehead atoms. The molecule has 19 heavy (non-hydrogen) atoms. The minimum atomic E-state index is 0.619. The molecule has 1 N–H and O–H groups in total. The second kappa shape index (κ2) is 6.99. The van der Waals surface area contributed by atoms with Crippen molar-refractivity contribution in [2.24, 2.45) is 4.99 Å². The number of guanidine groups is 1. The SMILES string of the molecule is COc1ccc(COCCNC2=NCCN2C)cc1. The number of nitrogens with one attached hydrogen (secondary N) is 1. The number of hydrogen-bond acceptors (Lipinski definition) is 5. The van der Waals surface area contributed by atoms with E-state index in [4.69, 9.17) is 9.47 Å². The Morgan fingerprint density at radius 3 is 2.74 bits per heavy atom. The molecule has 2 rings (SSSR count). The third-order valence-electron chi connectivity index (χ3n) is 3.02. The lowest BCUT2D eigenvalue weighted by Crippen LogP contribution is -2.37. The van der Waals surface area contributed by atoms with Crippen LogP contribution in [0, 0.1) is 0 Å². The van der Waals surface area contributed by atoms with Crippen molar-refractivity contribution >= 4 is 5.96 Å². The zero-order chi connectivity index (χ0) is 13.5. The third-order valence-corrected chi connectivity index (χ3v) is 3.02. The number of nitrogens with zero attached hydrogens (tertiary/aromatic N) is 2. The van der Waals surface area contributed by atoms with Crippen molar-refractivity contribution in [1.29, 1.82) is 0 Å². The zero-order valence-electron chi connectivity index (χ0n) is 11.6. The molecule has 0 saturated carbocycles. The molecule has 0 fully saturated rings. The van der Waals surface area contributed by atoms with Gasteiger partial charge in [0.2, 0.25) is 0 Å². The van der Waals surface area contributed by atoms with Gasteiger partial charge < -0.3 is 19.7 Å². The molecule has 5 heteroatoms. The number of methoxy groups -OCH3 is 1. The van der Waals surface area contributed by atoms with E-state index in [0.717, 1.165) is 36.9 Å². The Morgan fingerprint density at radius 1 is 1.32 bits per heavy atom. The van der Waals surface area contributed by atoms with Crippen LogP contribution in [-0.2, 0) is 11.3 Å². The Morgan fingerprint density at radius 2 is 2.11 bits per heavy atom. The van der Waals surface area contributed by atoms with E-state index in [2.05, 4.69) is 15.2 Å². The quantitative estimate of drug-likeness (QED) is 0.781. The molecule has 0 saturated heterocycles. The highest BCUT2D eigenvalue weighted by molar-refractivity contribution is 5.81. The van der Waals surface area contributed by atoms with E-state index in [-0.39, 0.29) is 0 Å². The average molecular weight is 263 g/mol. The van der Waals surface area contributed by atoms with E-state index in [1.807, 2.05) is 31.3 Å². The molecule has 0 spiro atoms. The van der Waals surface area contributed by atoms with Gasteiger partial charge in [0.15, 0.2) is 5.96 Å². The van der Waals surface area contributed by atoms with Gasteiger partial charge in [0.1, 0.15) is 5.75 Å². The highest BCUT2D eigenvalue weighted by Gasteiger charge is 2.10. The summed E-state index contributed by atoms with van der Waals surface area (Å²) in [5, 5.41) is 3.27. The molecule has 5 nitrogen and oxygen atoms in total. The van der Waals surface area contributed by atoms with E-state index >= 15 is 0 Å². The number of hydrogen-bond donors (Lipinski definition) is 1. The first kappa shape index (κ1) is 13.7. The summed E-state index contributed by atoms with van der Waals surface area (Å²) in [6.07, 6.45) is 0. The Kier molecular flexibility index (Phi) is 5.03. The molecule has 0 unspecified atom stereocenters. The fourth-order valence-corrected chi connectivity index (χ4v) is 1.87. The molecule has 1 aliphatic rings. The topological polar surface area (TPSA) is 46.1 Å². The third kappa shape index (κ3) is 4.13. The predicted octanol–water partition coefficient (Wildman–Crippen LogP) is 1.10. The zero-order valence-corrected chi connectivity index (χ0v) is 11.6. The van der Waals surface area contributed by atoms with E-state index in [1.54, 1.807) is 7.11 Å². The average Bonchev–Trinajstić information content (AvgIpc) is 2.85. The maximum Gasteiger partial charge on any atom is 0.193 e. The summed E-state index contributed by atoms with van der Waals surface area (Å²) in [7, 11) is 3.71. The van der Waals surface area contributed by atoms with Crippen LogP contribution in [0.1, 0.15) is 5.56 Å². The van der Waals surface area contributed by atoms with Crippen LogP contribution in [0.2, 0.25) is 0 Å². The van der Waals surface area contributed by atoms with Gasteiger partial charge in [-0.05, 0) is 17.7 Å². The monoisotopic (exact) mass is 263 g/mol. The highest BCUT2D eigenvalue weighted by Crippen LogP contribution is 2.11. The second-order valence-electron chi connectivity index (χ2n) is 4.45. The molecule has 1 aliphatic heterocycles. The molecule has 0 amide bonds. The van der Waals surface area contributed by atoms with Gasteiger partial charge >= 0.3 is 0 Å². The first-order chi connectivity index (χ1) is 9.29. The summed E-state index contributed by atoms with van der Waals surface area (Å²) >= 11 is 0. The smallest absolute Gasteiger partial charge is 0.193 e. The van der Waals surface area contributed by atoms with Gasteiger partial charge in [0.05, 0.1) is 26.9 Å². The summed E-state index contributed by atoms with van der Waals surface area (Å²) in [6, 6.07) is 7.92. The van der Waals surface area contributed by atoms with Gasteiger partial charge in [0, 0.05) is 20.1 Å². The van der Waals surface area contributed by atoms with Crippen molar-refractivity contribution in [1.82, 2.24) is 10.2 Å². The van der Waals surface area contributed by atoms with Crippen molar-refractivity contribution in [2.45, 2.75) is 6.61 Å². The molecular weight excluding hydrogens is 242 g/mol. The van der Waals surface area contributed by atoms with E-state index in [1.165, 1.54) is 0 Å². The molecule has 0 aromatic heterocycles. The Bertz CT molecular complexity index is 417. The van der Waals surface area contributed by atoms with Gasteiger partial charge in [-0.3, -0.25) is 4.99 Å². The van der Waals surface area contributed by atoms with Crippen LogP contribution in [-0.4, -0.2) is 51.3 Å². The van der Waals surface area contributed by atoms with Crippen LogP contribution in [0.5, 0.6) is 5.75 Å². The van der Waals surface area contributed by atoms with Crippen molar-refractivity contribution in [3.05, 3.63) is 29.8 Å². The Balaban J connectivity index is 1.61. The van der Waals surface area contributed by atoms with Gasteiger partial charge in [-0.1, -0.05) is 12.1 Å². The molecule has 0 aliphatic carbocycles. The lowest BCUT2D eigenvalue weighted by molar-refractivity contribution is 0.125. The van der Waals surface area contributed by atoms with Crippen LogP contribution in [0.4, 0.5) is 0 Å². The van der Waals surface area contributed by atoms with E-state index in [9.17, 15) is 0 Å². The van der Waals surface area contributed by atoms with Crippen molar-refractivity contribution < 1.29 is 9.47 Å². The number of ether oxygens (including phenoxy) is 2. The number of benzene rings is 1. The number of likely N-dealkylation sites (N-methyl/N-ethyl adjacent to an activating group) is 1. The predicted molar refractivity (Wildman–Crippen MR) is 75.6 cm³/mol. The van der Waals surface area contributed by atoms with Crippen molar-refractivity contribution in [3.63, 3.8) is 0 Å². The maximum atomic E-state index is 5.61. The van der Waals surface area contributed by atoms with Crippen LogP contribution < -0.4 is 10.1 Å². The van der Waals surface area contributed by atoms with Gasteiger partial charge in [-0.2, -0.15) is 0 Å². The van der Waals surface area contributed by atoms with E-state index in [0.29, 0.717) is 13.2 Å². The summed E-state index contributed by atoms with van der Waals surface area (Å²) in [4.78, 5) is 6.47. The normalized spacial score (nSPS) is 14.4. The summed E-state index contributed by atoms with van der Waals surface area (Å²) < 4.78 is 10.7. The van der Waals surface area contributed by atoms with Crippen LogP contribution in [0.15, 0.2) is 29.3 Å². The van der Waals surface area contributed by atoms with Crippen LogP contribution >= 0.6 is 0 Å². The lowest BCUT2D eigenvalue weighted by atomic mass is 10.2. The summed E-state index contributed by atoms with van der Waals surface area (Å²) in [5.74, 6) is 1.83. The number of aliphatic imine (C=N–C) groups is 1. The maximum absolute atomic E-state index is 5.61. The lowest BCUT2D eigenvalue weighted by Gasteiger charge is -2.15. The minimum absolute atomic E-state index is 0.619. The van der Waals surface area contributed by atoms with Gasteiger partial charge in [-0.25, -0.2) is 0 Å². The molecule has 104 valence electrons. The highest BCUT2D eigenvalue weighted by atomic mass is 16.5. The van der Waals surface area contributed by atoms with E-state index < -0.39 is 0 Å². The van der Waals surface area contributed by atoms with Crippen LogP contribution in [0.25, 0.3) is 0 Å². The fourth-order valence-electron chi connectivity index (χ4n) is 1.87. The first-order valence-corrected chi connectivity index (χ1v) is 6.50. The summed E-state index contributed by atoms with van der Waals surface area (Å²) in [5.41, 5.74) is 1.15. The van der Waals surface area contributed by atoms with Gasteiger partial charge in [-0.15, -0.1) is 0 Å². The molecule has 1 heterocycles. The summed E-state index contributed by atoms with van der Waals surface area (Å²) in [6.45, 7) is 3.94. The van der Waals surface area contributed by atoms with Crippen LogP contribution in [0.3, 0.4) is 0 Å². The first-order valence-electron chi connectivity index (χ1n) is 6.50. The standard InChI is InChI=1S/C14H21N3O2/c1-17-9-7-15-14(17)16-8-10-19-11-12-3-5-13(18-2)6-4-12/h3-6H,7-11H2,1-2H3,(H,15,16). The van der Waals surface area contributed by atoms with Crippen molar-refractivity contribution in [3.8, 4) is 5.75 Å². The Hall–Kier alpha value is -1.75. The molecular formula is C14H21N3O2. The van der Waals surface area contributed by atoms with Gasteiger partial charge in [0.25, 0.3) is 0 Å². The largest absolute Gasteiger partial charge is 0.497 e. The molecule has 0 radical (unpaired) electrons. The minimum Gasteiger partial charge on any atom is -0.497 e. The number of rotatable bonds is 6. The second-order valence-corrected chi connectivity index (χ2v) is 4.45. The Labute approximate surface area is 114 Å². The van der Waals surface area contributed by atoms with Crippen molar-refractivity contribution in [2.75, 3.05) is 40.4 Å². The molecule has 0 atom stereocenters. The fraction of sp³-hybridized carbons (Fsp3) is 0.500. The molecule has 1 aromatic rings. The molecule has 1 aromatic carbocycles.